The zero-order chi connectivity index (χ0) is 10.6. The summed E-state index contributed by atoms with van der Waals surface area (Å²) in [4.78, 5) is 4.34. The molecule has 0 unspecified atom stereocenters. The molecule has 0 N–H and O–H groups in total. The van der Waals surface area contributed by atoms with E-state index in [0.29, 0.717) is 5.92 Å². The van der Waals surface area contributed by atoms with Gasteiger partial charge < -0.3 is 0 Å². The largest absolute Gasteiger partial charge is 0.260 e. The first kappa shape index (κ1) is 11.0. The maximum absolute atomic E-state index is 4.34. The highest BCUT2D eigenvalue weighted by Crippen LogP contribution is 2.27. The average molecular weight is 189 g/mol. The van der Waals surface area contributed by atoms with Gasteiger partial charge in [0.2, 0.25) is 0 Å². The normalized spacial score (nSPS) is 13.1. The summed E-state index contributed by atoms with van der Waals surface area (Å²) < 4.78 is 0. The molecule has 0 bridgehead atoms. The van der Waals surface area contributed by atoms with Crippen LogP contribution >= 0.6 is 0 Å². The molecule has 0 saturated heterocycles. The number of aromatic nitrogens is 1. The van der Waals surface area contributed by atoms with Crippen LogP contribution in [0.1, 0.15) is 39.0 Å². The van der Waals surface area contributed by atoms with Gasteiger partial charge in [0.1, 0.15) is 0 Å². The first-order chi connectivity index (χ1) is 6.77. The summed E-state index contributed by atoms with van der Waals surface area (Å²) in [5.74, 6) is 0.652. The highest BCUT2D eigenvalue weighted by molar-refractivity contribution is 5.61. The summed E-state index contributed by atoms with van der Waals surface area (Å²) in [5.41, 5.74) is 4.05. The van der Waals surface area contributed by atoms with Crippen LogP contribution in [0.2, 0.25) is 0 Å². The van der Waals surface area contributed by atoms with Crippen molar-refractivity contribution in [3.63, 3.8) is 0 Å². The van der Waals surface area contributed by atoms with Gasteiger partial charge >= 0.3 is 0 Å². The van der Waals surface area contributed by atoms with Crippen LogP contribution in [-0.2, 0) is 6.42 Å². The molecule has 14 heavy (non-hydrogen) atoms. The van der Waals surface area contributed by atoms with Crippen LogP contribution in [-0.4, -0.2) is 4.98 Å². The molecule has 0 radical (unpaired) electrons. The molecule has 0 aromatic carbocycles. The molecule has 0 atom stereocenters. The van der Waals surface area contributed by atoms with Crippen LogP contribution in [0.5, 0.6) is 0 Å². The van der Waals surface area contributed by atoms with Crippen molar-refractivity contribution in [1.82, 2.24) is 4.98 Å². The highest BCUT2D eigenvalue weighted by Gasteiger charge is 2.14. The number of fused-ring (bicyclic) bond motifs is 1. The SMILES string of the molecule is CC.CC(C)C1=Cc2cccnc2C1. The van der Waals surface area contributed by atoms with E-state index < -0.39 is 0 Å². The van der Waals surface area contributed by atoms with E-state index in [1.54, 1.807) is 0 Å². The van der Waals surface area contributed by atoms with Gasteiger partial charge in [0, 0.05) is 12.6 Å². The van der Waals surface area contributed by atoms with E-state index in [1.165, 1.54) is 16.8 Å². The molecule has 1 aromatic heterocycles. The van der Waals surface area contributed by atoms with Crippen LogP contribution in [0.25, 0.3) is 6.08 Å². The molecule has 2 rings (SSSR count). The fourth-order valence-corrected chi connectivity index (χ4v) is 1.54. The molecule has 76 valence electrons. The zero-order valence-electron chi connectivity index (χ0n) is 9.54. The van der Waals surface area contributed by atoms with Crippen molar-refractivity contribution in [2.75, 3.05) is 0 Å². The van der Waals surface area contributed by atoms with Crippen molar-refractivity contribution >= 4 is 6.08 Å². The van der Waals surface area contributed by atoms with E-state index >= 15 is 0 Å². The van der Waals surface area contributed by atoms with Crippen LogP contribution < -0.4 is 0 Å². The number of hydrogen-bond donors (Lipinski definition) is 0. The standard InChI is InChI=1S/C11H13N.C2H6/c1-8(2)10-6-9-4-3-5-12-11(9)7-10;1-2/h3-6,8H,7H2,1-2H3;1-2H3. The Hall–Kier alpha value is -1.11. The summed E-state index contributed by atoms with van der Waals surface area (Å²) in [6.07, 6.45) is 5.19. The number of hydrogen-bond acceptors (Lipinski definition) is 1. The Kier molecular flexibility index (Phi) is 3.87. The van der Waals surface area contributed by atoms with Gasteiger partial charge in [-0.05, 0) is 17.5 Å². The van der Waals surface area contributed by atoms with E-state index in [-0.39, 0.29) is 0 Å². The molecule has 0 saturated carbocycles. The minimum atomic E-state index is 0.652. The lowest BCUT2D eigenvalue weighted by Gasteiger charge is -2.03. The van der Waals surface area contributed by atoms with Gasteiger partial charge in [-0.1, -0.05) is 45.4 Å². The lowest BCUT2D eigenvalue weighted by molar-refractivity contribution is 0.750. The van der Waals surface area contributed by atoms with E-state index in [4.69, 9.17) is 0 Å². The maximum atomic E-state index is 4.34. The second-order valence-electron chi connectivity index (χ2n) is 3.59. The number of rotatable bonds is 1. The van der Waals surface area contributed by atoms with Crippen molar-refractivity contribution in [3.8, 4) is 0 Å². The first-order valence-corrected chi connectivity index (χ1v) is 5.41. The minimum absolute atomic E-state index is 0.652. The van der Waals surface area contributed by atoms with E-state index in [2.05, 4.69) is 31.0 Å². The summed E-state index contributed by atoms with van der Waals surface area (Å²) in [7, 11) is 0. The van der Waals surface area contributed by atoms with E-state index in [0.717, 1.165) is 6.42 Å². The third kappa shape index (κ3) is 2.22. The van der Waals surface area contributed by atoms with Crippen molar-refractivity contribution < 1.29 is 0 Å². The lowest BCUT2D eigenvalue weighted by Crippen LogP contribution is -1.94. The molecule has 0 aliphatic heterocycles. The molecule has 1 aliphatic rings. The first-order valence-electron chi connectivity index (χ1n) is 5.41. The van der Waals surface area contributed by atoms with Gasteiger partial charge in [-0.3, -0.25) is 4.98 Å². The van der Waals surface area contributed by atoms with Crippen molar-refractivity contribution in [2.45, 2.75) is 34.1 Å². The Morgan fingerprint density at radius 2 is 2.00 bits per heavy atom. The predicted molar refractivity (Wildman–Crippen MR) is 62.1 cm³/mol. The second-order valence-corrected chi connectivity index (χ2v) is 3.59. The summed E-state index contributed by atoms with van der Waals surface area (Å²) >= 11 is 0. The van der Waals surface area contributed by atoms with Crippen molar-refractivity contribution in [2.24, 2.45) is 5.92 Å². The molecule has 0 spiro atoms. The Labute approximate surface area is 86.9 Å². The summed E-state index contributed by atoms with van der Waals surface area (Å²) in [5, 5.41) is 0. The van der Waals surface area contributed by atoms with E-state index in [9.17, 15) is 0 Å². The topological polar surface area (TPSA) is 12.9 Å². The number of pyridine rings is 1. The van der Waals surface area contributed by atoms with Gasteiger partial charge in [-0.15, -0.1) is 0 Å². The second kappa shape index (κ2) is 4.94. The van der Waals surface area contributed by atoms with Crippen molar-refractivity contribution in [1.29, 1.82) is 0 Å². The maximum Gasteiger partial charge on any atom is 0.0516 e. The third-order valence-electron chi connectivity index (χ3n) is 2.38. The summed E-state index contributed by atoms with van der Waals surface area (Å²) in [6.45, 7) is 8.47. The molecule has 1 heterocycles. The predicted octanol–water partition coefficient (Wildman–Crippen LogP) is 3.70. The van der Waals surface area contributed by atoms with Gasteiger partial charge in [0.25, 0.3) is 0 Å². The number of allylic oxidation sites excluding steroid dienone is 1. The third-order valence-corrected chi connectivity index (χ3v) is 2.38. The molecule has 0 fully saturated rings. The van der Waals surface area contributed by atoms with Crippen LogP contribution in [0.15, 0.2) is 23.9 Å². The molecule has 1 heteroatoms. The smallest absolute Gasteiger partial charge is 0.0516 e. The molecule has 0 amide bonds. The van der Waals surface area contributed by atoms with Gasteiger partial charge in [-0.2, -0.15) is 0 Å². The fraction of sp³-hybridized carbons (Fsp3) is 0.462. The van der Waals surface area contributed by atoms with Crippen LogP contribution in [0.3, 0.4) is 0 Å². The average Bonchev–Trinajstić information content (AvgIpc) is 2.64. The fourth-order valence-electron chi connectivity index (χ4n) is 1.54. The summed E-state index contributed by atoms with van der Waals surface area (Å²) in [6, 6.07) is 4.14. The zero-order valence-corrected chi connectivity index (χ0v) is 9.54. The Morgan fingerprint density at radius 1 is 1.29 bits per heavy atom. The van der Waals surface area contributed by atoms with Gasteiger partial charge in [0.05, 0.1) is 5.69 Å². The van der Waals surface area contributed by atoms with Crippen LogP contribution in [0, 0.1) is 5.92 Å². The quantitative estimate of drug-likeness (QED) is 0.656. The molecular formula is C13H19N. The van der Waals surface area contributed by atoms with Gasteiger partial charge in [0.15, 0.2) is 0 Å². The van der Waals surface area contributed by atoms with Gasteiger partial charge in [-0.25, -0.2) is 0 Å². The molecule has 1 aliphatic carbocycles. The van der Waals surface area contributed by atoms with Crippen molar-refractivity contribution in [3.05, 3.63) is 35.2 Å². The molecule has 1 nitrogen and oxygen atoms in total. The Balaban J connectivity index is 0.000000461. The Morgan fingerprint density at radius 3 is 2.57 bits per heavy atom. The highest BCUT2D eigenvalue weighted by atomic mass is 14.7. The molecule has 1 aromatic rings. The molecular weight excluding hydrogens is 170 g/mol. The number of nitrogens with zero attached hydrogens (tertiary/aromatic N) is 1. The lowest BCUT2D eigenvalue weighted by atomic mass is 10.0. The van der Waals surface area contributed by atoms with E-state index in [1.807, 2.05) is 26.1 Å². The van der Waals surface area contributed by atoms with Crippen LogP contribution in [0.4, 0.5) is 0 Å². The minimum Gasteiger partial charge on any atom is -0.260 e. The Bertz CT molecular complexity index is 324. The monoisotopic (exact) mass is 189 g/mol.